The number of nitrogens with two attached hydrogens (primary N) is 1. The van der Waals surface area contributed by atoms with Crippen molar-refractivity contribution in [3.8, 4) is 0 Å². The van der Waals surface area contributed by atoms with E-state index in [9.17, 15) is 9.59 Å². The number of hydrogen-bond donors (Lipinski definition) is 2. The van der Waals surface area contributed by atoms with Gasteiger partial charge in [-0.15, -0.1) is 0 Å². The highest BCUT2D eigenvalue weighted by Gasteiger charge is 2.06. The number of anilines is 1. The van der Waals surface area contributed by atoms with Crippen molar-refractivity contribution >= 4 is 17.6 Å². The maximum atomic E-state index is 11.2. The molecule has 0 atom stereocenters. The van der Waals surface area contributed by atoms with Crippen LogP contribution in [0.5, 0.6) is 0 Å². The molecule has 16 heavy (non-hydrogen) atoms. The van der Waals surface area contributed by atoms with Crippen molar-refractivity contribution in [3.63, 3.8) is 0 Å². The number of aliphatic carboxylic acids is 1. The minimum atomic E-state index is -0.989. The lowest BCUT2D eigenvalue weighted by atomic mass is 10.1. The summed E-state index contributed by atoms with van der Waals surface area (Å²) in [5.74, 6) is -1.44. The number of ether oxygens (including phenoxy) is 1. The summed E-state index contributed by atoms with van der Waals surface area (Å²) in [6.07, 6.45) is -0.0761. The highest BCUT2D eigenvalue weighted by Crippen LogP contribution is 2.07. The third-order valence-electron chi connectivity index (χ3n) is 1.88. The first kappa shape index (κ1) is 12.0. The van der Waals surface area contributed by atoms with Gasteiger partial charge in [-0.2, -0.15) is 0 Å². The second-order valence-electron chi connectivity index (χ2n) is 3.29. The van der Waals surface area contributed by atoms with Gasteiger partial charge >= 0.3 is 11.9 Å². The van der Waals surface area contributed by atoms with Gasteiger partial charge in [0.25, 0.3) is 0 Å². The average Bonchev–Trinajstić information content (AvgIpc) is 2.16. The van der Waals surface area contributed by atoms with Gasteiger partial charge in [0, 0.05) is 5.69 Å². The number of hydrogen-bond acceptors (Lipinski definition) is 4. The van der Waals surface area contributed by atoms with Crippen molar-refractivity contribution in [2.45, 2.75) is 12.8 Å². The van der Waals surface area contributed by atoms with Crippen LogP contribution in [0.1, 0.15) is 12.0 Å². The number of nitrogen functional groups attached to an aromatic ring is 1. The Morgan fingerprint density at radius 3 is 2.75 bits per heavy atom. The first-order valence-electron chi connectivity index (χ1n) is 4.80. The Morgan fingerprint density at radius 1 is 1.38 bits per heavy atom. The molecule has 0 amide bonds. The number of benzene rings is 1. The SMILES string of the molecule is Nc1cccc(CC(=O)OCCC(=O)O)c1. The molecule has 5 nitrogen and oxygen atoms in total. The third kappa shape index (κ3) is 4.45. The Bertz CT molecular complexity index is 389. The molecule has 0 radical (unpaired) electrons. The number of carbonyl (C=O) groups is 2. The van der Waals surface area contributed by atoms with Crippen molar-refractivity contribution in [2.75, 3.05) is 12.3 Å². The minimum absolute atomic E-state index is 0.101. The maximum absolute atomic E-state index is 11.2. The number of esters is 1. The van der Waals surface area contributed by atoms with Crippen LogP contribution in [-0.2, 0) is 20.7 Å². The molecule has 3 N–H and O–H groups in total. The third-order valence-corrected chi connectivity index (χ3v) is 1.88. The number of rotatable bonds is 5. The maximum Gasteiger partial charge on any atom is 0.310 e. The molecule has 86 valence electrons. The van der Waals surface area contributed by atoms with E-state index in [0.717, 1.165) is 5.56 Å². The normalized spacial score (nSPS) is 9.75. The lowest BCUT2D eigenvalue weighted by Crippen LogP contribution is -2.11. The molecular formula is C11H13NO4. The Kier molecular flexibility index (Phi) is 4.32. The molecule has 1 rings (SSSR count). The Morgan fingerprint density at radius 2 is 2.12 bits per heavy atom. The molecule has 0 saturated carbocycles. The smallest absolute Gasteiger partial charge is 0.310 e. The van der Waals surface area contributed by atoms with Crippen LogP contribution >= 0.6 is 0 Å². The molecule has 0 unspecified atom stereocenters. The van der Waals surface area contributed by atoms with Crippen molar-refractivity contribution in [2.24, 2.45) is 0 Å². The zero-order valence-corrected chi connectivity index (χ0v) is 8.68. The molecular weight excluding hydrogens is 210 g/mol. The van der Waals surface area contributed by atoms with Gasteiger partial charge in [0.1, 0.15) is 6.61 Å². The summed E-state index contributed by atoms with van der Waals surface area (Å²) in [7, 11) is 0. The molecule has 0 heterocycles. The standard InChI is InChI=1S/C11H13NO4/c12-9-3-1-2-8(6-9)7-11(15)16-5-4-10(13)14/h1-3,6H,4-5,7,12H2,(H,13,14). The Hall–Kier alpha value is -2.04. The fourth-order valence-electron chi connectivity index (χ4n) is 1.17. The predicted molar refractivity (Wildman–Crippen MR) is 57.8 cm³/mol. The Balaban J connectivity index is 2.37. The van der Waals surface area contributed by atoms with E-state index in [1.54, 1.807) is 24.3 Å². The average molecular weight is 223 g/mol. The topological polar surface area (TPSA) is 89.6 Å². The van der Waals surface area contributed by atoms with Crippen molar-refractivity contribution < 1.29 is 19.4 Å². The zero-order chi connectivity index (χ0) is 12.0. The van der Waals surface area contributed by atoms with E-state index in [2.05, 4.69) is 0 Å². The first-order valence-corrected chi connectivity index (χ1v) is 4.80. The van der Waals surface area contributed by atoms with Crippen LogP contribution in [0.25, 0.3) is 0 Å². The largest absolute Gasteiger partial charge is 0.481 e. The molecule has 5 heteroatoms. The quantitative estimate of drug-likeness (QED) is 0.570. The molecule has 0 saturated heterocycles. The van der Waals surface area contributed by atoms with Crippen molar-refractivity contribution in [1.82, 2.24) is 0 Å². The van der Waals surface area contributed by atoms with Crippen LogP contribution in [0.15, 0.2) is 24.3 Å². The van der Waals surface area contributed by atoms with Gasteiger partial charge in [0.2, 0.25) is 0 Å². The van der Waals surface area contributed by atoms with Crippen LogP contribution in [0.2, 0.25) is 0 Å². The van der Waals surface area contributed by atoms with Gasteiger partial charge in [0.05, 0.1) is 12.8 Å². The van der Waals surface area contributed by atoms with Crippen molar-refractivity contribution in [1.29, 1.82) is 0 Å². The van der Waals surface area contributed by atoms with E-state index in [-0.39, 0.29) is 19.4 Å². The van der Waals surface area contributed by atoms with Gasteiger partial charge in [0.15, 0.2) is 0 Å². The lowest BCUT2D eigenvalue weighted by molar-refractivity contribution is -0.145. The molecule has 0 fully saturated rings. The summed E-state index contributed by atoms with van der Waals surface area (Å²) in [6, 6.07) is 6.90. The fourth-order valence-corrected chi connectivity index (χ4v) is 1.17. The predicted octanol–water partition coefficient (Wildman–Crippen LogP) is 0.829. The summed E-state index contributed by atoms with van der Waals surface area (Å²) in [6.45, 7) is -0.101. The highest BCUT2D eigenvalue weighted by molar-refractivity contribution is 5.73. The van der Waals surface area contributed by atoms with Crippen LogP contribution < -0.4 is 5.73 Å². The van der Waals surface area contributed by atoms with E-state index in [1.807, 2.05) is 0 Å². The van der Waals surface area contributed by atoms with Crippen LogP contribution in [0.3, 0.4) is 0 Å². The second-order valence-corrected chi connectivity index (χ2v) is 3.29. The van der Waals surface area contributed by atoms with Crippen molar-refractivity contribution in [3.05, 3.63) is 29.8 Å². The van der Waals surface area contributed by atoms with Gasteiger partial charge in [-0.05, 0) is 17.7 Å². The van der Waals surface area contributed by atoms with E-state index in [4.69, 9.17) is 15.6 Å². The number of carboxylic acid groups (broad SMARTS) is 1. The fraction of sp³-hybridized carbons (Fsp3) is 0.273. The van der Waals surface area contributed by atoms with Gasteiger partial charge < -0.3 is 15.6 Å². The molecule has 0 spiro atoms. The van der Waals surface area contributed by atoms with Crippen LogP contribution in [0.4, 0.5) is 5.69 Å². The van der Waals surface area contributed by atoms with Gasteiger partial charge in [-0.1, -0.05) is 12.1 Å². The molecule has 0 aliphatic heterocycles. The molecule has 1 aromatic rings. The Labute approximate surface area is 92.8 Å². The number of carbonyl (C=O) groups excluding carboxylic acids is 1. The van der Waals surface area contributed by atoms with Gasteiger partial charge in [-0.25, -0.2) is 0 Å². The van der Waals surface area contributed by atoms with Gasteiger partial charge in [-0.3, -0.25) is 9.59 Å². The lowest BCUT2D eigenvalue weighted by Gasteiger charge is -2.03. The monoisotopic (exact) mass is 223 g/mol. The second kappa shape index (κ2) is 5.75. The molecule has 0 aromatic heterocycles. The highest BCUT2D eigenvalue weighted by atomic mass is 16.5. The summed E-state index contributed by atoms with van der Waals surface area (Å²) >= 11 is 0. The summed E-state index contributed by atoms with van der Waals surface area (Å²) in [5, 5.41) is 8.34. The summed E-state index contributed by atoms with van der Waals surface area (Å²) in [4.78, 5) is 21.4. The molecule has 0 bridgehead atoms. The summed E-state index contributed by atoms with van der Waals surface area (Å²) < 4.78 is 4.74. The first-order chi connectivity index (χ1) is 7.58. The van der Waals surface area contributed by atoms with E-state index >= 15 is 0 Å². The molecule has 0 aliphatic rings. The van der Waals surface area contributed by atoms with Crippen LogP contribution in [-0.4, -0.2) is 23.7 Å². The van der Waals surface area contributed by atoms with Crippen LogP contribution in [0, 0.1) is 0 Å². The van der Waals surface area contributed by atoms with E-state index in [1.165, 1.54) is 0 Å². The number of carboxylic acids is 1. The minimum Gasteiger partial charge on any atom is -0.481 e. The van der Waals surface area contributed by atoms with E-state index in [0.29, 0.717) is 5.69 Å². The molecule has 0 aliphatic carbocycles. The summed E-state index contributed by atoms with van der Waals surface area (Å²) in [5.41, 5.74) is 6.87. The van der Waals surface area contributed by atoms with E-state index < -0.39 is 11.9 Å². The zero-order valence-electron chi connectivity index (χ0n) is 8.68. The molecule has 1 aromatic carbocycles.